The Labute approximate surface area is 142 Å². The van der Waals surface area contributed by atoms with Crippen molar-refractivity contribution in [2.24, 2.45) is 0 Å². The Morgan fingerprint density at radius 1 is 1.17 bits per heavy atom. The van der Waals surface area contributed by atoms with E-state index >= 15 is 0 Å². The molecule has 0 radical (unpaired) electrons. The molecule has 7 heteroatoms. The molecule has 0 spiro atoms. The number of hydrogen-bond acceptors (Lipinski definition) is 3. The van der Waals surface area contributed by atoms with E-state index in [4.69, 9.17) is 23.2 Å². The third-order valence-corrected chi connectivity index (χ3v) is 3.90. The van der Waals surface area contributed by atoms with Gasteiger partial charge in [-0.2, -0.15) is 5.26 Å². The lowest BCUT2D eigenvalue weighted by Crippen LogP contribution is -2.27. The predicted octanol–water partition coefficient (Wildman–Crippen LogP) is 3.56. The fourth-order valence-corrected chi connectivity index (χ4v) is 2.34. The van der Waals surface area contributed by atoms with Crippen molar-refractivity contribution in [2.45, 2.75) is 6.04 Å². The highest BCUT2D eigenvalue weighted by Crippen LogP contribution is 2.29. The van der Waals surface area contributed by atoms with E-state index in [0.717, 1.165) is 0 Å². The molecule has 0 aromatic heterocycles. The van der Waals surface area contributed by atoms with Crippen molar-refractivity contribution in [3.8, 4) is 6.07 Å². The topological polar surface area (TPSA) is 82.0 Å². The average Bonchev–Trinajstić information content (AvgIpc) is 2.56. The van der Waals surface area contributed by atoms with Crippen LogP contribution in [0, 0.1) is 11.3 Å². The maximum atomic E-state index is 12.2. The van der Waals surface area contributed by atoms with Gasteiger partial charge in [0.1, 0.15) is 6.04 Å². The minimum Gasteiger partial charge on any atom is -0.332 e. The zero-order valence-corrected chi connectivity index (χ0v) is 13.2. The second-order valence-corrected chi connectivity index (χ2v) is 5.30. The number of carbonyl (C=O) groups is 2. The standard InChI is InChI=1S/C16H11Cl2N3O2/c17-13-3-1-2-12(15(13)18)14(8-19)21-16(23)10-4-6-11(7-5-10)20-9-22/h1-7,9,14H,(H,20,22)(H,21,23)/t14-/m0/s1. The number of nitrogens with zero attached hydrogens (tertiary/aromatic N) is 1. The smallest absolute Gasteiger partial charge is 0.252 e. The lowest BCUT2D eigenvalue weighted by atomic mass is 10.1. The highest BCUT2D eigenvalue weighted by molar-refractivity contribution is 6.42. The quantitative estimate of drug-likeness (QED) is 0.811. The lowest BCUT2D eigenvalue weighted by molar-refractivity contribution is -0.105. The minimum absolute atomic E-state index is 0.228. The van der Waals surface area contributed by atoms with Gasteiger partial charge in [-0.05, 0) is 30.3 Å². The summed E-state index contributed by atoms with van der Waals surface area (Å²) in [7, 11) is 0. The number of carbonyl (C=O) groups excluding carboxylic acids is 2. The zero-order chi connectivity index (χ0) is 16.8. The Bertz CT molecular complexity index is 770. The molecule has 0 aliphatic heterocycles. The van der Waals surface area contributed by atoms with E-state index in [1.807, 2.05) is 6.07 Å². The van der Waals surface area contributed by atoms with Crippen LogP contribution in [0.15, 0.2) is 42.5 Å². The number of nitrogens with one attached hydrogen (secondary N) is 2. The molecule has 2 aromatic carbocycles. The summed E-state index contributed by atoms with van der Waals surface area (Å²) in [6.45, 7) is 0. The Balaban J connectivity index is 2.18. The zero-order valence-electron chi connectivity index (χ0n) is 11.7. The summed E-state index contributed by atoms with van der Waals surface area (Å²) in [5.74, 6) is -0.440. The van der Waals surface area contributed by atoms with Crippen LogP contribution >= 0.6 is 23.2 Å². The van der Waals surface area contributed by atoms with Gasteiger partial charge in [-0.15, -0.1) is 0 Å². The van der Waals surface area contributed by atoms with Crippen LogP contribution in [-0.4, -0.2) is 12.3 Å². The van der Waals surface area contributed by atoms with Gasteiger partial charge < -0.3 is 10.6 Å². The van der Waals surface area contributed by atoms with Crippen molar-refractivity contribution in [2.75, 3.05) is 5.32 Å². The molecule has 2 aromatic rings. The highest BCUT2D eigenvalue weighted by Gasteiger charge is 2.19. The van der Waals surface area contributed by atoms with Gasteiger partial charge in [0, 0.05) is 16.8 Å². The molecule has 0 unspecified atom stereocenters. The SMILES string of the molecule is N#C[C@H](NC(=O)c1ccc(NC=O)cc1)c1cccc(Cl)c1Cl. The summed E-state index contributed by atoms with van der Waals surface area (Å²) in [5, 5.41) is 14.9. The molecule has 0 aliphatic carbocycles. The van der Waals surface area contributed by atoms with Crippen LogP contribution in [0.25, 0.3) is 0 Å². The van der Waals surface area contributed by atoms with Crippen molar-refractivity contribution in [1.29, 1.82) is 5.26 Å². The van der Waals surface area contributed by atoms with E-state index in [-0.39, 0.29) is 5.02 Å². The van der Waals surface area contributed by atoms with Gasteiger partial charge >= 0.3 is 0 Å². The molecule has 2 amide bonds. The van der Waals surface area contributed by atoms with Gasteiger partial charge in [0.25, 0.3) is 5.91 Å². The van der Waals surface area contributed by atoms with Crippen LogP contribution in [0.4, 0.5) is 5.69 Å². The molecule has 0 heterocycles. The third-order valence-electron chi connectivity index (χ3n) is 3.07. The first-order valence-electron chi connectivity index (χ1n) is 6.51. The molecule has 2 N–H and O–H groups in total. The summed E-state index contributed by atoms with van der Waals surface area (Å²) in [4.78, 5) is 22.6. The summed E-state index contributed by atoms with van der Waals surface area (Å²) in [6, 6.07) is 12.2. The third kappa shape index (κ3) is 4.01. The number of benzene rings is 2. The monoisotopic (exact) mass is 347 g/mol. The fourth-order valence-electron chi connectivity index (χ4n) is 1.92. The van der Waals surface area contributed by atoms with E-state index in [0.29, 0.717) is 28.2 Å². The molecule has 2 rings (SSSR count). The first kappa shape index (κ1) is 16.8. The second-order valence-electron chi connectivity index (χ2n) is 4.52. The number of amides is 2. The van der Waals surface area contributed by atoms with Gasteiger partial charge in [0.05, 0.1) is 16.1 Å². The van der Waals surface area contributed by atoms with Gasteiger partial charge in [0.2, 0.25) is 6.41 Å². The summed E-state index contributed by atoms with van der Waals surface area (Å²) >= 11 is 12.0. The second kappa shape index (κ2) is 7.63. The van der Waals surface area contributed by atoms with Crippen molar-refractivity contribution >= 4 is 41.2 Å². The van der Waals surface area contributed by atoms with Gasteiger partial charge in [-0.1, -0.05) is 35.3 Å². The van der Waals surface area contributed by atoms with Crippen molar-refractivity contribution in [3.63, 3.8) is 0 Å². The van der Waals surface area contributed by atoms with Crippen molar-refractivity contribution in [1.82, 2.24) is 5.32 Å². The van der Waals surface area contributed by atoms with E-state index in [1.54, 1.807) is 30.3 Å². The molecule has 0 fully saturated rings. The molecular weight excluding hydrogens is 337 g/mol. The normalized spacial score (nSPS) is 11.2. The number of rotatable bonds is 5. The Kier molecular flexibility index (Phi) is 5.58. The van der Waals surface area contributed by atoms with E-state index in [9.17, 15) is 14.9 Å². The summed E-state index contributed by atoms with van der Waals surface area (Å²) in [5.41, 5.74) is 1.33. The molecule has 0 saturated carbocycles. The lowest BCUT2D eigenvalue weighted by Gasteiger charge is -2.14. The Hall–Kier alpha value is -2.55. The molecule has 0 bridgehead atoms. The molecule has 0 aliphatic rings. The van der Waals surface area contributed by atoms with Crippen LogP contribution in [-0.2, 0) is 4.79 Å². The summed E-state index contributed by atoms with van der Waals surface area (Å²) < 4.78 is 0. The van der Waals surface area contributed by atoms with Crippen molar-refractivity contribution < 1.29 is 9.59 Å². The van der Waals surface area contributed by atoms with Crippen LogP contribution in [0.1, 0.15) is 22.0 Å². The molecular formula is C16H11Cl2N3O2. The molecule has 5 nitrogen and oxygen atoms in total. The minimum atomic E-state index is -0.929. The molecule has 0 saturated heterocycles. The van der Waals surface area contributed by atoms with Gasteiger partial charge in [-0.25, -0.2) is 0 Å². The van der Waals surface area contributed by atoms with Crippen LogP contribution in [0.5, 0.6) is 0 Å². The van der Waals surface area contributed by atoms with Gasteiger partial charge in [-0.3, -0.25) is 9.59 Å². The average molecular weight is 348 g/mol. The molecule has 116 valence electrons. The fraction of sp³-hybridized carbons (Fsp3) is 0.0625. The first-order valence-corrected chi connectivity index (χ1v) is 7.27. The van der Waals surface area contributed by atoms with Crippen LogP contribution < -0.4 is 10.6 Å². The van der Waals surface area contributed by atoms with Crippen molar-refractivity contribution in [3.05, 3.63) is 63.6 Å². The highest BCUT2D eigenvalue weighted by atomic mass is 35.5. The Morgan fingerprint density at radius 3 is 2.48 bits per heavy atom. The van der Waals surface area contributed by atoms with Crippen LogP contribution in [0.3, 0.4) is 0 Å². The summed E-state index contributed by atoms with van der Waals surface area (Å²) in [6.07, 6.45) is 0.544. The number of halogens is 2. The first-order chi connectivity index (χ1) is 11.1. The molecule has 23 heavy (non-hydrogen) atoms. The van der Waals surface area contributed by atoms with E-state index < -0.39 is 11.9 Å². The van der Waals surface area contributed by atoms with Gasteiger partial charge in [0.15, 0.2) is 0 Å². The Morgan fingerprint density at radius 2 is 1.87 bits per heavy atom. The number of anilines is 1. The van der Waals surface area contributed by atoms with E-state index in [1.165, 1.54) is 12.1 Å². The number of nitriles is 1. The maximum absolute atomic E-state index is 12.2. The largest absolute Gasteiger partial charge is 0.332 e. The molecule has 1 atom stereocenters. The maximum Gasteiger partial charge on any atom is 0.252 e. The van der Waals surface area contributed by atoms with Crippen LogP contribution in [0.2, 0.25) is 10.0 Å². The predicted molar refractivity (Wildman–Crippen MR) is 88.4 cm³/mol. The number of hydrogen-bond donors (Lipinski definition) is 2. The van der Waals surface area contributed by atoms with E-state index in [2.05, 4.69) is 10.6 Å².